The zero-order chi connectivity index (χ0) is 14.8. The highest BCUT2D eigenvalue weighted by Gasteiger charge is 2.20. The highest BCUT2D eigenvalue weighted by atomic mass is 16.4. The van der Waals surface area contributed by atoms with Crippen LogP contribution >= 0.6 is 0 Å². The summed E-state index contributed by atoms with van der Waals surface area (Å²) < 4.78 is 0. The second-order valence-corrected chi connectivity index (χ2v) is 4.43. The SMILES string of the molecule is CCC(CCN)CCC(=O)N(CC(=O)O)CC(=O)O. The fraction of sp³-hybridized carbons (Fsp3) is 0.750. The Morgan fingerprint density at radius 3 is 2.00 bits per heavy atom. The maximum atomic E-state index is 11.8. The van der Waals surface area contributed by atoms with Crippen LogP contribution in [0.4, 0.5) is 0 Å². The topological polar surface area (TPSA) is 121 Å². The van der Waals surface area contributed by atoms with Crippen molar-refractivity contribution in [3.8, 4) is 0 Å². The van der Waals surface area contributed by atoms with Crippen molar-refractivity contribution in [1.29, 1.82) is 0 Å². The van der Waals surface area contributed by atoms with Crippen molar-refractivity contribution in [2.24, 2.45) is 11.7 Å². The number of rotatable bonds is 10. The lowest BCUT2D eigenvalue weighted by atomic mass is 9.96. The lowest BCUT2D eigenvalue weighted by molar-refractivity contribution is -0.149. The molecule has 110 valence electrons. The van der Waals surface area contributed by atoms with Gasteiger partial charge in [0.15, 0.2) is 0 Å². The molecule has 0 aliphatic rings. The molecule has 0 aliphatic heterocycles. The summed E-state index contributed by atoms with van der Waals surface area (Å²) in [7, 11) is 0. The van der Waals surface area contributed by atoms with Crippen LogP contribution in [0.3, 0.4) is 0 Å². The second kappa shape index (κ2) is 9.32. The molecule has 0 bridgehead atoms. The van der Waals surface area contributed by atoms with E-state index in [-0.39, 0.29) is 6.42 Å². The zero-order valence-electron chi connectivity index (χ0n) is 11.2. The van der Waals surface area contributed by atoms with E-state index in [0.717, 1.165) is 17.7 Å². The van der Waals surface area contributed by atoms with Gasteiger partial charge in [-0.05, 0) is 25.3 Å². The average molecular weight is 274 g/mol. The zero-order valence-corrected chi connectivity index (χ0v) is 11.2. The number of hydrogen-bond donors (Lipinski definition) is 3. The van der Waals surface area contributed by atoms with Crippen molar-refractivity contribution >= 4 is 17.8 Å². The van der Waals surface area contributed by atoms with Gasteiger partial charge in [0.25, 0.3) is 0 Å². The van der Waals surface area contributed by atoms with Crippen LogP contribution in [0.5, 0.6) is 0 Å². The average Bonchev–Trinajstić information content (AvgIpc) is 2.32. The summed E-state index contributed by atoms with van der Waals surface area (Å²) in [6.07, 6.45) is 2.45. The summed E-state index contributed by atoms with van der Waals surface area (Å²) in [6.45, 7) is 1.37. The number of carboxylic acid groups (broad SMARTS) is 2. The van der Waals surface area contributed by atoms with Crippen LogP contribution < -0.4 is 5.73 Å². The number of hydrogen-bond acceptors (Lipinski definition) is 4. The molecule has 0 aromatic heterocycles. The Balaban J connectivity index is 4.37. The van der Waals surface area contributed by atoms with E-state index in [0.29, 0.717) is 18.9 Å². The number of carbonyl (C=O) groups is 3. The van der Waals surface area contributed by atoms with Crippen molar-refractivity contribution in [2.75, 3.05) is 19.6 Å². The van der Waals surface area contributed by atoms with Crippen molar-refractivity contribution in [1.82, 2.24) is 4.90 Å². The maximum Gasteiger partial charge on any atom is 0.323 e. The minimum absolute atomic E-state index is 0.152. The number of nitrogens with zero attached hydrogens (tertiary/aromatic N) is 1. The monoisotopic (exact) mass is 274 g/mol. The highest BCUT2D eigenvalue weighted by molar-refractivity contribution is 5.85. The van der Waals surface area contributed by atoms with Crippen molar-refractivity contribution in [2.45, 2.75) is 32.6 Å². The Kier molecular flexibility index (Phi) is 8.52. The van der Waals surface area contributed by atoms with Gasteiger partial charge >= 0.3 is 11.9 Å². The Labute approximate surface area is 112 Å². The van der Waals surface area contributed by atoms with Gasteiger partial charge in [-0.25, -0.2) is 0 Å². The first-order valence-corrected chi connectivity index (χ1v) is 6.32. The summed E-state index contributed by atoms with van der Waals surface area (Å²) in [5.74, 6) is -2.57. The Bertz CT molecular complexity index is 303. The normalized spacial score (nSPS) is 11.9. The molecule has 0 fully saturated rings. The number of amides is 1. The number of aliphatic carboxylic acids is 2. The van der Waals surface area contributed by atoms with Gasteiger partial charge in [0.05, 0.1) is 0 Å². The molecule has 7 nitrogen and oxygen atoms in total. The molecule has 0 heterocycles. The lowest BCUT2D eigenvalue weighted by Crippen LogP contribution is -2.39. The molecule has 0 aromatic carbocycles. The predicted octanol–water partition coefficient (Wildman–Crippen LogP) is 0.139. The summed E-state index contributed by atoms with van der Waals surface area (Å²) in [5, 5.41) is 17.3. The van der Waals surface area contributed by atoms with Gasteiger partial charge in [0.2, 0.25) is 5.91 Å². The molecule has 4 N–H and O–H groups in total. The number of carboxylic acids is 2. The molecule has 1 unspecified atom stereocenters. The molecule has 1 amide bonds. The van der Waals surface area contributed by atoms with Gasteiger partial charge in [0, 0.05) is 6.42 Å². The smallest absolute Gasteiger partial charge is 0.323 e. The van der Waals surface area contributed by atoms with Gasteiger partial charge in [-0.15, -0.1) is 0 Å². The highest BCUT2D eigenvalue weighted by Crippen LogP contribution is 2.15. The Morgan fingerprint density at radius 2 is 1.63 bits per heavy atom. The molecule has 0 aromatic rings. The third-order valence-electron chi connectivity index (χ3n) is 2.92. The lowest BCUT2D eigenvalue weighted by Gasteiger charge is -2.20. The number of carbonyl (C=O) groups excluding carboxylic acids is 1. The quantitative estimate of drug-likeness (QED) is 0.521. The van der Waals surface area contributed by atoms with Crippen LogP contribution in [-0.4, -0.2) is 52.6 Å². The van der Waals surface area contributed by atoms with Crippen molar-refractivity contribution in [3.05, 3.63) is 0 Å². The third-order valence-corrected chi connectivity index (χ3v) is 2.92. The van der Waals surface area contributed by atoms with E-state index in [4.69, 9.17) is 15.9 Å². The first kappa shape index (κ1) is 17.4. The van der Waals surface area contributed by atoms with E-state index in [9.17, 15) is 14.4 Å². The molecule has 0 aliphatic carbocycles. The largest absolute Gasteiger partial charge is 0.480 e. The fourth-order valence-electron chi connectivity index (χ4n) is 1.83. The standard InChI is InChI=1S/C12H22N2O5/c1-2-9(5-6-13)3-4-10(15)14(7-11(16)17)8-12(18)19/h9H,2-8,13H2,1H3,(H,16,17)(H,18,19). The Hall–Kier alpha value is -1.63. The summed E-state index contributed by atoms with van der Waals surface area (Å²) in [6, 6.07) is 0. The molecule has 0 saturated heterocycles. The van der Waals surface area contributed by atoms with Gasteiger partial charge in [-0.1, -0.05) is 13.3 Å². The van der Waals surface area contributed by atoms with E-state index < -0.39 is 30.9 Å². The van der Waals surface area contributed by atoms with Gasteiger partial charge < -0.3 is 20.8 Å². The van der Waals surface area contributed by atoms with Gasteiger partial charge in [-0.3, -0.25) is 14.4 Å². The molecular formula is C12H22N2O5. The maximum absolute atomic E-state index is 11.8. The van der Waals surface area contributed by atoms with Crippen LogP contribution in [-0.2, 0) is 14.4 Å². The van der Waals surface area contributed by atoms with Gasteiger partial charge in [0.1, 0.15) is 13.1 Å². The molecule has 1 atom stereocenters. The van der Waals surface area contributed by atoms with Gasteiger partial charge in [-0.2, -0.15) is 0 Å². The van der Waals surface area contributed by atoms with E-state index in [1.807, 2.05) is 6.92 Å². The summed E-state index contributed by atoms with van der Waals surface area (Å²) in [4.78, 5) is 33.8. The van der Waals surface area contributed by atoms with E-state index in [1.54, 1.807) is 0 Å². The van der Waals surface area contributed by atoms with Crippen molar-refractivity contribution in [3.63, 3.8) is 0 Å². The van der Waals surface area contributed by atoms with Crippen LogP contribution in [0.15, 0.2) is 0 Å². The molecular weight excluding hydrogens is 252 g/mol. The molecule has 0 saturated carbocycles. The Morgan fingerprint density at radius 1 is 1.11 bits per heavy atom. The summed E-state index contributed by atoms with van der Waals surface area (Å²) >= 11 is 0. The third kappa shape index (κ3) is 8.15. The second-order valence-electron chi connectivity index (χ2n) is 4.43. The van der Waals surface area contributed by atoms with Crippen molar-refractivity contribution < 1.29 is 24.6 Å². The first-order chi connectivity index (χ1) is 8.90. The molecule has 7 heteroatoms. The van der Waals surface area contributed by atoms with E-state index in [2.05, 4.69) is 0 Å². The van der Waals surface area contributed by atoms with Crippen LogP contribution in [0.2, 0.25) is 0 Å². The fourth-order valence-corrected chi connectivity index (χ4v) is 1.83. The molecule has 19 heavy (non-hydrogen) atoms. The summed E-state index contributed by atoms with van der Waals surface area (Å²) in [5.41, 5.74) is 5.45. The minimum Gasteiger partial charge on any atom is -0.480 e. The predicted molar refractivity (Wildman–Crippen MR) is 68.5 cm³/mol. The van der Waals surface area contributed by atoms with Crippen LogP contribution in [0, 0.1) is 5.92 Å². The molecule has 0 spiro atoms. The minimum atomic E-state index is -1.22. The molecule has 0 radical (unpaired) electrons. The van der Waals surface area contributed by atoms with E-state index >= 15 is 0 Å². The first-order valence-electron chi connectivity index (χ1n) is 6.32. The van der Waals surface area contributed by atoms with Crippen LogP contribution in [0.1, 0.15) is 32.6 Å². The molecule has 0 rings (SSSR count). The number of nitrogens with two attached hydrogens (primary N) is 1. The van der Waals surface area contributed by atoms with E-state index in [1.165, 1.54) is 0 Å². The van der Waals surface area contributed by atoms with Crippen LogP contribution in [0.25, 0.3) is 0 Å².